The highest BCUT2D eigenvalue weighted by molar-refractivity contribution is 6.09. The van der Waals surface area contributed by atoms with Gasteiger partial charge < -0.3 is 10.6 Å². The fourth-order valence-electron chi connectivity index (χ4n) is 6.55. The Hall–Kier alpha value is -4.26. The summed E-state index contributed by atoms with van der Waals surface area (Å²) in [5.74, 6) is 0.256. The van der Waals surface area contributed by atoms with E-state index in [2.05, 4.69) is 75.0 Å². The summed E-state index contributed by atoms with van der Waals surface area (Å²) in [6, 6.07) is 31.1. The molecular weight excluding hydrogens is 532 g/mol. The Balaban J connectivity index is 0.000000153. The molecule has 43 heavy (non-hydrogen) atoms. The van der Waals surface area contributed by atoms with Crippen LogP contribution in [0.15, 0.2) is 91.0 Å². The van der Waals surface area contributed by atoms with Crippen LogP contribution in [0.4, 0.5) is 5.69 Å². The van der Waals surface area contributed by atoms with E-state index in [-0.39, 0.29) is 23.9 Å². The van der Waals surface area contributed by atoms with E-state index in [9.17, 15) is 9.59 Å². The first-order valence-electron chi connectivity index (χ1n) is 15.3. The Bertz CT molecular complexity index is 1620. The van der Waals surface area contributed by atoms with Gasteiger partial charge in [-0.05, 0) is 110 Å². The number of benzene rings is 4. The molecule has 7 rings (SSSR count). The van der Waals surface area contributed by atoms with Crippen LogP contribution >= 0.6 is 0 Å². The second-order valence-electron chi connectivity index (χ2n) is 11.8. The molecule has 6 nitrogen and oxygen atoms in total. The van der Waals surface area contributed by atoms with Crippen molar-refractivity contribution in [1.29, 1.82) is 0 Å². The Labute approximate surface area is 254 Å². The van der Waals surface area contributed by atoms with Crippen molar-refractivity contribution in [3.05, 3.63) is 102 Å². The number of rotatable bonds is 6. The maximum Gasteiger partial charge on any atom is 0.241 e. The van der Waals surface area contributed by atoms with E-state index in [1.165, 1.54) is 33.0 Å². The first-order chi connectivity index (χ1) is 21.0. The zero-order valence-corrected chi connectivity index (χ0v) is 25.1. The van der Waals surface area contributed by atoms with Gasteiger partial charge in [-0.3, -0.25) is 19.4 Å². The standard InChI is InChI=1S/C19H20N2O.C18H20N2O/c1-21-10-4-9-17(21)19(22)20-12-15-11-14-7-2-5-13-6-3-8-16(15)18(13)14;1-20-13-5-8-17(20)18(21)19-16-11-9-15(10-12-16)14-6-3-2-4-7-14/h2-3,5-8,11,17H,4,9-10,12H2,1H3,(H,20,22);2-4,6-7,9-12,17H,5,8,13H2,1H3,(H,19,21). The van der Waals surface area contributed by atoms with Gasteiger partial charge in [-0.25, -0.2) is 0 Å². The van der Waals surface area contributed by atoms with Crippen molar-refractivity contribution < 1.29 is 9.59 Å². The van der Waals surface area contributed by atoms with Crippen molar-refractivity contribution in [3.8, 4) is 11.1 Å². The maximum absolute atomic E-state index is 12.3. The van der Waals surface area contributed by atoms with Gasteiger partial charge in [0.05, 0.1) is 12.1 Å². The fraction of sp³-hybridized carbons (Fsp3) is 0.297. The van der Waals surface area contributed by atoms with Crippen LogP contribution in [-0.2, 0) is 9.59 Å². The monoisotopic (exact) mass is 572 g/mol. The van der Waals surface area contributed by atoms with E-state index in [1.54, 1.807) is 0 Å². The van der Waals surface area contributed by atoms with Gasteiger partial charge in [0.15, 0.2) is 0 Å². The minimum atomic E-state index is 0.0128. The number of carbonyl (C=O) groups is 2. The largest absolute Gasteiger partial charge is 0.351 e. The van der Waals surface area contributed by atoms with Gasteiger partial charge in [-0.15, -0.1) is 0 Å². The third-order valence-electron chi connectivity index (χ3n) is 8.97. The van der Waals surface area contributed by atoms with Gasteiger partial charge in [0.2, 0.25) is 11.8 Å². The normalized spacial score (nSPS) is 19.5. The molecule has 0 radical (unpaired) electrons. The summed E-state index contributed by atoms with van der Waals surface area (Å²) in [7, 11) is 4.04. The number of anilines is 1. The summed E-state index contributed by atoms with van der Waals surface area (Å²) in [6.45, 7) is 2.63. The van der Waals surface area contributed by atoms with Gasteiger partial charge in [0.25, 0.3) is 0 Å². The smallest absolute Gasteiger partial charge is 0.241 e. The Morgan fingerprint density at radius 3 is 2.00 bits per heavy atom. The first kappa shape index (κ1) is 28.8. The average Bonchev–Trinajstić information content (AvgIpc) is 3.76. The van der Waals surface area contributed by atoms with E-state index in [1.807, 2.05) is 56.6 Å². The zero-order valence-electron chi connectivity index (χ0n) is 25.1. The summed E-state index contributed by atoms with van der Waals surface area (Å²) in [5.41, 5.74) is 6.93. The van der Waals surface area contributed by atoms with E-state index in [0.717, 1.165) is 50.0 Å². The van der Waals surface area contributed by atoms with Crippen LogP contribution in [0.2, 0.25) is 0 Å². The third kappa shape index (κ3) is 6.41. The molecule has 2 unspecified atom stereocenters. The molecule has 0 bridgehead atoms. The number of hydrogen-bond donors (Lipinski definition) is 2. The molecule has 2 saturated heterocycles. The van der Waals surface area contributed by atoms with Crippen LogP contribution in [0.1, 0.15) is 36.8 Å². The lowest BCUT2D eigenvalue weighted by Gasteiger charge is -2.19. The number of likely N-dealkylation sites (tertiary alicyclic amines) is 2. The topological polar surface area (TPSA) is 64.7 Å². The van der Waals surface area contributed by atoms with Crippen LogP contribution in [0.5, 0.6) is 0 Å². The lowest BCUT2D eigenvalue weighted by molar-refractivity contribution is -0.124. The van der Waals surface area contributed by atoms with Crippen LogP contribution in [0.3, 0.4) is 0 Å². The molecule has 2 atom stereocenters. The maximum atomic E-state index is 12.3. The molecule has 220 valence electrons. The zero-order chi connectivity index (χ0) is 29.8. The Morgan fingerprint density at radius 2 is 1.35 bits per heavy atom. The van der Waals surface area contributed by atoms with E-state index in [0.29, 0.717) is 6.54 Å². The minimum absolute atomic E-state index is 0.0128. The number of hydrogen-bond acceptors (Lipinski definition) is 4. The highest BCUT2D eigenvalue weighted by Gasteiger charge is 2.28. The van der Waals surface area contributed by atoms with Gasteiger partial charge in [-0.1, -0.05) is 78.9 Å². The summed E-state index contributed by atoms with van der Waals surface area (Å²) in [4.78, 5) is 28.8. The van der Waals surface area contributed by atoms with Crippen molar-refractivity contribution in [1.82, 2.24) is 15.1 Å². The van der Waals surface area contributed by atoms with Gasteiger partial charge in [-0.2, -0.15) is 0 Å². The Kier molecular flexibility index (Phi) is 8.68. The predicted molar refractivity (Wildman–Crippen MR) is 177 cm³/mol. The molecule has 6 heteroatoms. The first-order valence-corrected chi connectivity index (χ1v) is 15.3. The molecule has 2 aliphatic heterocycles. The summed E-state index contributed by atoms with van der Waals surface area (Å²) in [6.07, 6.45) is 6.33. The number of amides is 2. The lowest BCUT2D eigenvalue weighted by Crippen LogP contribution is -2.41. The highest BCUT2D eigenvalue weighted by Crippen LogP contribution is 2.36. The van der Waals surface area contributed by atoms with Crippen LogP contribution < -0.4 is 10.6 Å². The summed E-state index contributed by atoms with van der Waals surface area (Å²) >= 11 is 0. The minimum Gasteiger partial charge on any atom is -0.351 e. The molecular formula is C37H40N4O2. The molecule has 4 aromatic rings. The van der Waals surface area contributed by atoms with E-state index < -0.39 is 0 Å². The van der Waals surface area contributed by atoms with Gasteiger partial charge in [0.1, 0.15) is 0 Å². The van der Waals surface area contributed by atoms with Crippen LogP contribution in [0.25, 0.3) is 33.5 Å². The molecule has 0 spiro atoms. The lowest BCUT2D eigenvalue weighted by atomic mass is 10.0. The highest BCUT2D eigenvalue weighted by atomic mass is 16.2. The average molecular weight is 573 g/mol. The molecule has 2 N–H and O–H groups in total. The third-order valence-corrected chi connectivity index (χ3v) is 8.97. The SMILES string of the molecule is CN1CCCC1C(=O)NCC1=Cc2cccc3cccc1c23.CN1CCCC1C(=O)Nc1ccc(-c2ccccc2)cc1. The molecule has 1 aliphatic carbocycles. The van der Waals surface area contributed by atoms with Crippen LogP contribution in [-0.4, -0.2) is 67.4 Å². The van der Waals surface area contributed by atoms with Crippen LogP contribution in [0, 0.1) is 0 Å². The van der Waals surface area contributed by atoms with Crippen molar-refractivity contribution in [3.63, 3.8) is 0 Å². The predicted octanol–water partition coefficient (Wildman–Crippen LogP) is 6.29. The molecule has 2 amide bonds. The number of likely N-dealkylation sites (N-methyl/N-ethyl adjacent to an activating group) is 2. The van der Waals surface area contributed by atoms with Gasteiger partial charge >= 0.3 is 0 Å². The molecule has 4 aromatic carbocycles. The second kappa shape index (κ2) is 12.9. The Morgan fingerprint density at radius 1 is 0.721 bits per heavy atom. The molecule has 3 aliphatic rings. The van der Waals surface area contributed by atoms with Crippen molar-refractivity contribution in [2.75, 3.05) is 39.0 Å². The molecule has 0 aromatic heterocycles. The summed E-state index contributed by atoms with van der Waals surface area (Å²) in [5, 5.41) is 8.72. The summed E-state index contributed by atoms with van der Waals surface area (Å²) < 4.78 is 0. The molecule has 2 fully saturated rings. The van der Waals surface area contributed by atoms with Crippen molar-refractivity contribution >= 4 is 39.9 Å². The number of nitrogens with one attached hydrogen (secondary N) is 2. The van der Waals surface area contributed by atoms with E-state index in [4.69, 9.17) is 0 Å². The van der Waals surface area contributed by atoms with Gasteiger partial charge in [0, 0.05) is 12.2 Å². The van der Waals surface area contributed by atoms with Crippen molar-refractivity contribution in [2.24, 2.45) is 0 Å². The van der Waals surface area contributed by atoms with E-state index >= 15 is 0 Å². The fourth-order valence-corrected chi connectivity index (χ4v) is 6.55. The van der Waals surface area contributed by atoms with Crippen molar-refractivity contribution in [2.45, 2.75) is 37.8 Å². The second-order valence-corrected chi connectivity index (χ2v) is 11.8. The number of carbonyl (C=O) groups excluding carboxylic acids is 2. The molecule has 2 heterocycles. The quantitative estimate of drug-likeness (QED) is 0.285. The molecule has 0 saturated carbocycles. The number of nitrogens with zero attached hydrogens (tertiary/aromatic N) is 2.